The lowest BCUT2D eigenvalue weighted by atomic mass is 9.93. The molecular weight excluding hydrogens is 276 g/mol. The van der Waals surface area contributed by atoms with Crippen LogP contribution in [0.4, 0.5) is 0 Å². The maximum atomic E-state index is 6.06. The van der Waals surface area contributed by atoms with Crippen LogP contribution >= 0.6 is 15.9 Å². The molecule has 0 spiro atoms. The first-order valence-electron chi connectivity index (χ1n) is 6.00. The Balaban J connectivity index is 2.79. The van der Waals surface area contributed by atoms with E-state index < -0.39 is 0 Å². The summed E-state index contributed by atoms with van der Waals surface area (Å²) in [6, 6.07) is 8.94. The van der Waals surface area contributed by atoms with Crippen LogP contribution in [0.5, 0.6) is 0 Å². The third-order valence-electron chi connectivity index (χ3n) is 2.92. The van der Waals surface area contributed by atoms with Crippen LogP contribution in [-0.4, -0.2) is 24.5 Å². The molecule has 0 radical (unpaired) electrons. The van der Waals surface area contributed by atoms with Gasteiger partial charge in [0.1, 0.15) is 0 Å². The van der Waals surface area contributed by atoms with E-state index in [1.807, 2.05) is 0 Å². The van der Waals surface area contributed by atoms with Gasteiger partial charge < -0.3 is 10.6 Å². The van der Waals surface area contributed by atoms with E-state index in [0.717, 1.165) is 17.3 Å². The van der Waals surface area contributed by atoms with Crippen LogP contribution in [0.2, 0.25) is 0 Å². The van der Waals surface area contributed by atoms with Crippen LogP contribution in [0.3, 0.4) is 0 Å². The zero-order valence-electron chi connectivity index (χ0n) is 11.2. The molecule has 17 heavy (non-hydrogen) atoms. The van der Waals surface area contributed by atoms with Crippen LogP contribution in [0, 0.1) is 0 Å². The molecule has 1 aromatic carbocycles. The van der Waals surface area contributed by atoms with E-state index in [4.69, 9.17) is 5.73 Å². The molecule has 0 saturated heterocycles. The summed E-state index contributed by atoms with van der Waals surface area (Å²) in [5.74, 6) is 0. The van der Waals surface area contributed by atoms with Crippen molar-refractivity contribution >= 4 is 15.9 Å². The maximum absolute atomic E-state index is 6.06. The quantitative estimate of drug-likeness (QED) is 0.900. The second kappa shape index (κ2) is 5.98. The van der Waals surface area contributed by atoms with Gasteiger partial charge in [-0.25, -0.2) is 0 Å². The Kier molecular flexibility index (Phi) is 5.17. The topological polar surface area (TPSA) is 29.3 Å². The number of rotatable bonds is 5. The van der Waals surface area contributed by atoms with Crippen LogP contribution < -0.4 is 5.73 Å². The smallest absolute Gasteiger partial charge is 0.0343 e. The van der Waals surface area contributed by atoms with Gasteiger partial charge >= 0.3 is 0 Å². The first-order chi connectivity index (χ1) is 7.79. The van der Waals surface area contributed by atoms with Crippen molar-refractivity contribution in [3.63, 3.8) is 0 Å². The van der Waals surface area contributed by atoms with Gasteiger partial charge in [0.25, 0.3) is 0 Å². The fourth-order valence-electron chi connectivity index (χ4n) is 1.95. The van der Waals surface area contributed by atoms with Crippen molar-refractivity contribution < 1.29 is 0 Å². The average Bonchev–Trinajstić information content (AvgIpc) is 2.15. The molecule has 0 aromatic heterocycles. The van der Waals surface area contributed by atoms with Crippen molar-refractivity contribution in [1.82, 2.24) is 4.90 Å². The number of halogens is 1. The SMILES string of the molecule is CN(C)C(CCC(C)(C)N)c1cccc(Br)c1. The minimum atomic E-state index is -0.0970. The molecule has 0 amide bonds. The van der Waals surface area contributed by atoms with E-state index in [0.29, 0.717) is 6.04 Å². The summed E-state index contributed by atoms with van der Waals surface area (Å²) in [6.07, 6.45) is 2.09. The molecule has 0 heterocycles. The minimum Gasteiger partial charge on any atom is -0.326 e. The highest BCUT2D eigenvalue weighted by Gasteiger charge is 2.18. The first kappa shape index (κ1) is 14.7. The Morgan fingerprint density at radius 3 is 2.47 bits per heavy atom. The van der Waals surface area contributed by atoms with Gasteiger partial charge in [0.15, 0.2) is 0 Å². The van der Waals surface area contributed by atoms with E-state index in [2.05, 4.69) is 73.0 Å². The van der Waals surface area contributed by atoms with Gasteiger partial charge in [-0.05, 0) is 58.5 Å². The molecule has 0 aliphatic heterocycles. The van der Waals surface area contributed by atoms with Gasteiger partial charge in [0.05, 0.1) is 0 Å². The summed E-state index contributed by atoms with van der Waals surface area (Å²) in [4.78, 5) is 2.26. The predicted octanol–water partition coefficient (Wildman–Crippen LogP) is 3.57. The molecule has 96 valence electrons. The largest absolute Gasteiger partial charge is 0.326 e. The maximum Gasteiger partial charge on any atom is 0.0343 e. The summed E-state index contributed by atoms with van der Waals surface area (Å²) < 4.78 is 1.13. The van der Waals surface area contributed by atoms with E-state index in [1.165, 1.54) is 5.56 Å². The summed E-state index contributed by atoms with van der Waals surface area (Å²) in [6.45, 7) is 4.17. The Labute approximate surface area is 113 Å². The summed E-state index contributed by atoms with van der Waals surface area (Å²) in [5, 5.41) is 0. The van der Waals surface area contributed by atoms with Crippen LogP contribution in [-0.2, 0) is 0 Å². The van der Waals surface area contributed by atoms with Gasteiger partial charge in [-0.1, -0.05) is 28.1 Å². The summed E-state index contributed by atoms with van der Waals surface area (Å²) in [5.41, 5.74) is 7.31. The molecule has 0 aliphatic rings. The Morgan fingerprint density at radius 2 is 2.00 bits per heavy atom. The van der Waals surface area contributed by atoms with Gasteiger partial charge in [0.2, 0.25) is 0 Å². The molecule has 1 rings (SSSR count). The zero-order valence-corrected chi connectivity index (χ0v) is 12.8. The summed E-state index contributed by atoms with van der Waals surface area (Å²) in [7, 11) is 4.24. The second-order valence-electron chi connectivity index (χ2n) is 5.56. The van der Waals surface area contributed by atoms with Crippen LogP contribution in [0.15, 0.2) is 28.7 Å². The number of nitrogens with zero attached hydrogens (tertiary/aromatic N) is 1. The predicted molar refractivity (Wildman–Crippen MR) is 78.1 cm³/mol. The fraction of sp³-hybridized carbons (Fsp3) is 0.571. The number of benzene rings is 1. The average molecular weight is 299 g/mol. The molecule has 3 heteroatoms. The van der Waals surface area contributed by atoms with E-state index >= 15 is 0 Å². The minimum absolute atomic E-state index is 0.0970. The molecule has 0 saturated carbocycles. The Bertz CT molecular complexity index is 355. The van der Waals surface area contributed by atoms with Gasteiger partial charge in [0, 0.05) is 16.1 Å². The van der Waals surface area contributed by atoms with Crippen molar-refractivity contribution in [1.29, 1.82) is 0 Å². The van der Waals surface area contributed by atoms with E-state index in [-0.39, 0.29) is 5.54 Å². The van der Waals surface area contributed by atoms with Crippen molar-refractivity contribution in [2.75, 3.05) is 14.1 Å². The third kappa shape index (κ3) is 5.19. The lowest BCUT2D eigenvalue weighted by Crippen LogP contribution is -2.33. The van der Waals surface area contributed by atoms with Crippen LogP contribution in [0.1, 0.15) is 38.3 Å². The fourth-order valence-corrected chi connectivity index (χ4v) is 2.36. The van der Waals surface area contributed by atoms with Gasteiger partial charge in [-0.3, -0.25) is 0 Å². The number of nitrogens with two attached hydrogens (primary N) is 1. The molecule has 0 fully saturated rings. The molecule has 1 unspecified atom stereocenters. The van der Waals surface area contributed by atoms with Crippen LogP contribution in [0.25, 0.3) is 0 Å². The van der Waals surface area contributed by atoms with Crippen molar-refractivity contribution in [2.45, 2.75) is 38.3 Å². The monoisotopic (exact) mass is 298 g/mol. The van der Waals surface area contributed by atoms with Crippen molar-refractivity contribution in [3.8, 4) is 0 Å². The molecule has 1 aromatic rings. The molecule has 2 N–H and O–H groups in total. The summed E-state index contributed by atoms with van der Waals surface area (Å²) >= 11 is 3.53. The van der Waals surface area contributed by atoms with E-state index in [1.54, 1.807) is 0 Å². The molecular formula is C14H23BrN2. The first-order valence-corrected chi connectivity index (χ1v) is 6.80. The van der Waals surface area contributed by atoms with E-state index in [9.17, 15) is 0 Å². The highest BCUT2D eigenvalue weighted by Crippen LogP contribution is 2.27. The van der Waals surface area contributed by atoms with Gasteiger partial charge in [-0.2, -0.15) is 0 Å². The standard InChI is InChI=1S/C14H23BrN2/c1-14(2,16)9-8-13(17(3)4)11-6-5-7-12(15)10-11/h5-7,10,13H,8-9,16H2,1-4H3. The molecule has 0 bridgehead atoms. The normalized spacial score (nSPS) is 14.1. The third-order valence-corrected chi connectivity index (χ3v) is 3.41. The Hall–Kier alpha value is -0.380. The van der Waals surface area contributed by atoms with Crippen molar-refractivity contribution in [2.24, 2.45) is 5.73 Å². The van der Waals surface area contributed by atoms with Gasteiger partial charge in [-0.15, -0.1) is 0 Å². The molecule has 2 nitrogen and oxygen atoms in total. The second-order valence-corrected chi connectivity index (χ2v) is 6.48. The van der Waals surface area contributed by atoms with Crippen molar-refractivity contribution in [3.05, 3.63) is 34.3 Å². The number of hydrogen-bond acceptors (Lipinski definition) is 2. The zero-order chi connectivity index (χ0) is 13.1. The lowest BCUT2D eigenvalue weighted by Gasteiger charge is -2.28. The molecule has 1 atom stereocenters. The Morgan fingerprint density at radius 1 is 1.35 bits per heavy atom. The number of hydrogen-bond donors (Lipinski definition) is 1. The molecule has 0 aliphatic carbocycles. The highest BCUT2D eigenvalue weighted by molar-refractivity contribution is 9.10. The highest BCUT2D eigenvalue weighted by atomic mass is 79.9. The lowest BCUT2D eigenvalue weighted by molar-refractivity contribution is 0.261.